The fourth-order valence-electron chi connectivity index (χ4n) is 4.22. The maximum absolute atomic E-state index is 12.7. The number of hydrazone groups is 1. The molecule has 1 heterocycles. The Bertz CT molecular complexity index is 1580. The van der Waals surface area contributed by atoms with Crippen molar-refractivity contribution in [2.24, 2.45) is 5.10 Å². The third-order valence-electron chi connectivity index (χ3n) is 6.52. The summed E-state index contributed by atoms with van der Waals surface area (Å²) in [6, 6.07) is 35.4. The van der Waals surface area contributed by atoms with Gasteiger partial charge in [-0.25, -0.2) is 10.1 Å². The van der Waals surface area contributed by atoms with Crippen LogP contribution in [0.2, 0.25) is 0 Å². The maximum atomic E-state index is 12.7. The number of aromatic nitrogens is 2. The zero-order valence-electron chi connectivity index (χ0n) is 22.9. The van der Waals surface area contributed by atoms with Crippen molar-refractivity contribution >= 4 is 12.1 Å². The number of hydrogen-bond acceptors (Lipinski definition) is 4. The molecule has 0 radical (unpaired) electrons. The van der Waals surface area contributed by atoms with Crippen LogP contribution < -0.4 is 10.2 Å². The highest BCUT2D eigenvalue weighted by molar-refractivity contribution is 5.95. The first-order chi connectivity index (χ1) is 19.4. The van der Waals surface area contributed by atoms with E-state index in [0.717, 1.165) is 33.8 Å². The number of carbonyl (C=O) groups excluding carboxylic acids is 1. The molecule has 6 heteroatoms. The predicted molar refractivity (Wildman–Crippen MR) is 160 cm³/mol. The number of hydrogen-bond donors (Lipinski definition) is 1. The predicted octanol–water partition coefficient (Wildman–Crippen LogP) is 7.18. The van der Waals surface area contributed by atoms with Crippen LogP contribution in [0, 0.1) is 0 Å². The van der Waals surface area contributed by atoms with Crippen LogP contribution in [0.1, 0.15) is 47.8 Å². The molecule has 5 aromatic rings. The van der Waals surface area contributed by atoms with Crippen molar-refractivity contribution in [2.45, 2.75) is 32.8 Å². The zero-order chi connectivity index (χ0) is 28.0. The number of ether oxygens (including phenoxy) is 1. The van der Waals surface area contributed by atoms with Gasteiger partial charge in [0.05, 0.1) is 11.9 Å². The normalized spacial score (nSPS) is 11.5. The minimum absolute atomic E-state index is 0.0225. The second kappa shape index (κ2) is 11.8. The summed E-state index contributed by atoms with van der Waals surface area (Å²) in [4.78, 5) is 12.7. The number of benzene rings is 4. The standard InChI is InChI=1S/C34H32N4O2/c1-34(2,3)29-18-14-27(15-19-29)33(39)36-35-22-28-23-38(30-12-8-5-9-13-30)37-32(28)26-16-20-31(21-17-26)40-24-25-10-6-4-7-11-25/h4-23H,24H2,1-3H3,(H,36,39)/b35-22-. The summed E-state index contributed by atoms with van der Waals surface area (Å²) in [7, 11) is 0. The minimum Gasteiger partial charge on any atom is -0.489 e. The van der Waals surface area contributed by atoms with Crippen LogP contribution in [0.5, 0.6) is 5.75 Å². The van der Waals surface area contributed by atoms with E-state index < -0.39 is 0 Å². The van der Waals surface area contributed by atoms with E-state index >= 15 is 0 Å². The first-order valence-electron chi connectivity index (χ1n) is 13.2. The number of carbonyl (C=O) groups is 1. The summed E-state index contributed by atoms with van der Waals surface area (Å²) in [5.74, 6) is 0.503. The van der Waals surface area contributed by atoms with E-state index in [0.29, 0.717) is 12.2 Å². The molecule has 200 valence electrons. The average Bonchev–Trinajstić information content (AvgIpc) is 3.41. The van der Waals surface area contributed by atoms with Crippen LogP contribution in [-0.4, -0.2) is 21.9 Å². The Morgan fingerprint density at radius 2 is 1.52 bits per heavy atom. The van der Waals surface area contributed by atoms with Crippen LogP contribution in [0.25, 0.3) is 16.9 Å². The van der Waals surface area contributed by atoms with Gasteiger partial charge in [0.15, 0.2) is 0 Å². The van der Waals surface area contributed by atoms with E-state index in [4.69, 9.17) is 9.84 Å². The van der Waals surface area contributed by atoms with Crippen LogP contribution in [-0.2, 0) is 12.0 Å². The molecule has 0 atom stereocenters. The largest absolute Gasteiger partial charge is 0.489 e. The fraction of sp³-hybridized carbons (Fsp3) is 0.147. The molecule has 40 heavy (non-hydrogen) atoms. The van der Waals surface area contributed by atoms with Gasteiger partial charge in [-0.2, -0.15) is 10.2 Å². The van der Waals surface area contributed by atoms with Gasteiger partial charge in [-0.05, 0) is 65.1 Å². The average molecular weight is 529 g/mol. The maximum Gasteiger partial charge on any atom is 0.271 e. The molecular weight excluding hydrogens is 496 g/mol. The van der Waals surface area contributed by atoms with Gasteiger partial charge in [-0.1, -0.05) is 81.4 Å². The summed E-state index contributed by atoms with van der Waals surface area (Å²) < 4.78 is 7.76. The van der Waals surface area contributed by atoms with E-state index in [1.54, 1.807) is 6.21 Å². The number of nitrogens with zero attached hydrogens (tertiary/aromatic N) is 3. The minimum atomic E-state index is -0.270. The first-order valence-corrected chi connectivity index (χ1v) is 13.2. The highest BCUT2D eigenvalue weighted by atomic mass is 16.5. The van der Waals surface area contributed by atoms with E-state index in [9.17, 15) is 4.79 Å². The summed E-state index contributed by atoms with van der Waals surface area (Å²) in [5, 5.41) is 9.09. The molecule has 5 rings (SSSR count). The SMILES string of the molecule is CC(C)(C)c1ccc(C(=O)N/N=C\c2cn(-c3ccccc3)nc2-c2ccc(OCc3ccccc3)cc2)cc1. The third-order valence-corrected chi connectivity index (χ3v) is 6.52. The molecule has 1 N–H and O–H groups in total. The van der Waals surface area contributed by atoms with Crippen LogP contribution in [0.4, 0.5) is 0 Å². The summed E-state index contributed by atoms with van der Waals surface area (Å²) in [6.45, 7) is 6.93. The van der Waals surface area contributed by atoms with Gasteiger partial charge >= 0.3 is 0 Å². The summed E-state index contributed by atoms with van der Waals surface area (Å²) in [5.41, 5.74) is 8.85. The van der Waals surface area contributed by atoms with Gasteiger partial charge in [-0.15, -0.1) is 0 Å². The number of amides is 1. The molecule has 0 fully saturated rings. The van der Waals surface area contributed by atoms with Crippen LogP contribution in [0.15, 0.2) is 120 Å². The van der Waals surface area contributed by atoms with Gasteiger partial charge < -0.3 is 4.74 Å². The molecule has 0 spiro atoms. The van der Waals surface area contributed by atoms with Crippen molar-refractivity contribution in [3.8, 4) is 22.7 Å². The monoisotopic (exact) mass is 528 g/mol. The molecule has 0 saturated heterocycles. The van der Waals surface area contributed by atoms with Crippen molar-refractivity contribution in [1.82, 2.24) is 15.2 Å². The molecule has 4 aromatic carbocycles. The second-order valence-corrected chi connectivity index (χ2v) is 10.5. The highest BCUT2D eigenvalue weighted by Gasteiger charge is 2.15. The van der Waals surface area contributed by atoms with E-state index in [-0.39, 0.29) is 11.3 Å². The van der Waals surface area contributed by atoms with Crippen molar-refractivity contribution < 1.29 is 9.53 Å². The smallest absolute Gasteiger partial charge is 0.271 e. The number of nitrogens with one attached hydrogen (secondary N) is 1. The molecule has 0 unspecified atom stereocenters. The lowest BCUT2D eigenvalue weighted by Gasteiger charge is -2.18. The second-order valence-electron chi connectivity index (χ2n) is 10.5. The Balaban J connectivity index is 1.34. The van der Waals surface area contributed by atoms with E-state index in [1.165, 1.54) is 5.56 Å². The lowest BCUT2D eigenvalue weighted by Crippen LogP contribution is -2.18. The lowest BCUT2D eigenvalue weighted by molar-refractivity contribution is 0.0955. The molecule has 0 bridgehead atoms. The Kier molecular flexibility index (Phi) is 7.87. The highest BCUT2D eigenvalue weighted by Crippen LogP contribution is 2.26. The molecule has 1 aromatic heterocycles. The van der Waals surface area contributed by atoms with Crippen molar-refractivity contribution in [3.63, 3.8) is 0 Å². The van der Waals surface area contributed by atoms with Crippen LogP contribution >= 0.6 is 0 Å². The Labute approximate surface area is 235 Å². The number of para-hydroxylation sites is 1. The van der Waals surface area contributed by atoms with Gasteiger partial charge in [0.25, 0.3) is 5.91 Å². The molecule has 0 saturated carbocycles. The Morgan fingerprint density at radius 3 is 2.17 bits per heavy atom. The summed E-state index contributed by atoms with van der Waals surface area (Å²) >= 11 is 0. The molecule has 0 aliphatic carbocycles. The van der Waals surface area contributed by atoms with Gasteiger partial charge in [-0.3, -0.25) is 4.79 Å². The Morgan fingerprint density at radius 1 is 0.875 bits per heavy atom. The first kappa shape index (κ1) is 26.6. The molecule has 0 aliphatic rings. The fourth-order valence-corrected chi connectivity index (χ4v) is 4.22. The van der Waals surface area contributed by atoms with E-state index in [2.05, 4.69) is 31.3 Å². The molecular formula is C34H32N4O2. The Hall–Kier alpha value is -4.97. The molecule has 1 amide bonds. The van der Waals surface area contributed by atoms with Gasteiger partial charge in [0.1, 0.15) is 18.1 Å². The van der Waals surface area contributed by atoms with Gasteiger partial charge in [0, 0.05) is 22.9 Å². The third kappa shape index (κ3) is 6.53. The van der Waals surface area contributed by atoms with Gasteiger partial charge in [0.2, 0.25) is 0 Å². The van der Waals surface area contributed by atoms with Crippen molar-refractivity contribution in [1.29, 1.82) is 0 Å². The van der Waals surface area contributed by atoms with Crippen molar-refractivity contribution in [3.05, 3.63) is 138 Å². The molecule has 6 nitrogen and oxygen atoms in total. The number of rotatable bonds is 8. The zero-order valence-corrected chi connectivity index (χ0v) is 22.9. The topological polar surface area (TPSA) is 68.5 Å². The molecule has 0 aliphatic heterocycles. The lowest BCUT2D eigenvalue weighted by atomic mass is 9.87. The van der Waals surface area contributed by atoms with Crippen molar-refractivity contribution in [2.75, 3.05) is 0 Å². The quantitative estimate of drug-likeness (QED) is 0.171. The summed E-state index contributed by atoms with van der Waals surface area (Å²) in [6.07, 6.45) is 3.53. The van der Waals surface area contributed by atoms with Crippen LogP contribution in [0.3, 0.4) is 0 Å². The van der Waals surface area contributed by atoms with E-state index in [1.807, 2.05) is 120 Å².